The van der Waals surface area contributed by atoms with E-state index in [1.165, 1.54) is 167 Å². The number of rotatable bonds is 35. The molecule has 10 nitrogen and oxygen atoms in total. The molecule has 54 heavy (non-hydrogen) atoms. The molecular formula is C43H86N4O6S. The minimum atomic E-state index is -4.16. The number of hydrogen-bond acceptors (Lipinski definition) is 7. The Kier molecular flexibility index (Phi) is 34.5. The fraction of sp³-hybridized carbons (Fsp3) is 0.930. The van der Waals surface area contributed by atoms with E-state index in [1.807, 2.05) is 18.7 Å². The van der Waals surface area contributed by atoms with Gasteiger partial charge in [0, 0.05) is 19.4 Å². The van der Waals surface area contributed by atoms with E-state index in [1.54, 1.807) is 0 Å². The third-order valence-electron chi connectivity index (χ3n) is 10.4. The second kappa shape index (κ2) is 35.7. The van der Waals surface area contributed by atoms with Gasteiger partial charge in [0.25, 0.3) is 0 Å². The lowest BCUT2D eigenvalue weighted by Gasteiger charge is -2.38. The average molecular weight is 787 g/mol. The lowest BCUT2D eigenvalue weighted by atomic mass is 10.0. The summed E-state index contributed by atoms with van der Waals surface area (Å²) in [5.74, 6) is 0.735. The second-order valence-corrected chi connectivity index (χ2v) is 17.2. The number of guanidine groups is 1. The van der Waals surface area contributed by atoms with Gasteiger partial charge in [-0.2, -0.15) is 8.42 Å². The maximum atomic E-state index is 12.8. The van der Waals surface area contributed by atoms with Gasteiger partial charge in [-0.15, -0.1) is 0 Å². The first kappa shape index (κ1) is 52.3. The van der Waals surface area contributed by atoms with Crippen molar-refractivity contribution in [1.29, 1.82) is 0 Å². The predicted octanol–water partition coefficient (Wildman–Crippen LogP) is 11.6. The van der Waals surface area contributed by atoms with Crippen LogP contribution in [0.4, 0.5) is 0 Å². The standard InChI is InChI=1S/C42H82N4O2.CH4O4S/c1-5-7-9-11-13-15-17-19-21-23-25-27-29-31-33-35-39(47)44-41-43-37-38-46(41)42(3,4)45-40(48)36-34-32-30-28-26-24-22-20-18-16-14-12-10-8-6-2;1-5-6(2,3)4/h5-38H2,1-4H3,(H,45,48)(H,43,44,47);1H3,(H,2,3,4). The quantitative estimate of drug-likeness (QED) is 0.0429. The molecule has 1 rings (SSSR count). The molecule has 1 aliphatic rings. The zero-order valence-electron chi connectivity index (χ0n) is 35.8. The van der Waals surface area contributed by atoms with Crippen LogP contribution in [0.3, 0.4) is 0 Å². The topological polar surface area (TPSA) is 137 Å². The molecule has 0 aromatic carbocycles. The van der Waals surface area contributed by atoms with Gasteiger partial charge in [-0.1, -0.05) is 194 Å². The SMILES string of the molecule is CCCCCCCCCCCCCCCCCC(=O)NC1=NCCN1C(C)(C)NC(=O)CCCCCCCCCCCCCCCCC.COS(=O)(=O)O. The summed E-state index contributed by atoms with van der Waals surface area (Å²) in [5.41, 5.74) is -0.580. The Hall–Kier alpha value is -1.72. The first-order valence-corrected chi connectivity index (χ1v) is 23.8. The Morgan fingerprint density at radius 3 is 1.22 bits per heavy atom. The average Bonchev–Trinajstić information content (AvgIpc) is 3.60. The van der Waals surface area contributed by atoms with Crippen molar-refractivity contribution in [3.05, 3.63) is 0 Å². The third-order valence-corrected chi connectivity index (χ3v) is 10.9. The summed E-state index contributed by atoms with van der Waals surface area (Å²) in [4.78, 5) is 32.1. The summed E-state index contributed by atoms with van der Waals surface area (Å²) in [6.45, 7) is 9.94. The minimum absolute atomic E-state index is 0.0373. The molecule has 0 aromatic heterocycles. The molecule has 0 unspecified atom stereocenters. The lowest BCUT2D eigenvalue weighted by molar-refractivity contribution is -0.124. The summed E-state index contributed by atoms with van der Waals surface area (Å²) in [5, 5.41) is 6.25. The Labute approximate surface area is 333 Å². The van der Waals surface area contributed by atoms with Gasteiger partial charge in [0.15, 0.2) is 0 Å². The van der Waals surface area contributed by atoms with Crippen molar-refractivity contribution in [2.24, 2.45) is 4.99 Å². The van der Waals surface area contributed by atoms with Gasteiger partial charge in [0.05, 0.1) is 13.7 Å². The van der Waals surface area contributed by atoms with Crippen molar-refractivity contribution in [3.63, 3.8) is 0 Å². The fourth-order valence-corrected chi connectivity index (χ4v) is 7.07. The highest BCUT2D eigenvalue weighted by Crippen LogP contribution is 2.18. The van der Waals surface area contributed by atoms with E-state index in [2.05, 4.69) is 33.7 Å². The Bertz CT molecular complexity index is 1040. The van der Waals surface area contributed by atoms with E-state index in [4.69, 9.17) is 4.55 Å². The maximum absolute atomic E-state index is 12.8. The summed E-state index contributed by atoms with van der Waals surface area (Å²) in [6, 6.07) is 0. The van der Waals surface area contributed by atoms with E-state index in [0.717, 1.165) is 32.8 Å². The van der Waals surface area contributed by atoms with Crippen molar-refractivity contribution in [2.45, 2.75) is 239 Å². The van der Waals surface area contributed by atoms with Crippen LogP contribution in [0.1, 0.15) is 233 Å². The first-order valence-electron chi connectivity index (χ1n) is 22.4. The number of nitrogens with zero attached hydrogens (tertiary/aromatic N) is 2. The normalized spacial score (nSPS) is 13.1. The summed E-state index contributed by atoms with van der Waals surface area (Å²) in [6.07, 6.45) is 40.8. The Balaban J connectivity index is 0.00000430. The number of carbonyl (C=O) groups is 2. The second-order valence-electron chi connectivity index (χ2n) is 16.0. The van der Waals surface area contributed by atoms with E-state index >= 15 is 0 Å². The summed E-state index contributed by atoms with van der Waals surface area (Å²) < 4.78 is 29.7. The molecule has 0 aliphatic carbocycles. The molecule has 2 amide bonds. The number of hydrogen-bond donors (Lipinski definition) is 3. The van der Waals surface area contributed by atoms with E-state index in [0.29, 0.717) is 31.9 Å². The van der Waals surface area contributed by atoms with Crippen molar-refractivity contribution < 1.29 is 26.7 Å². The van der Waals surface area contributed by atoms with E-state index in [-0.39, 0.29) is 11.8 Å². The smallest absolute Gasteiger partial charge is 0.334 e. The van der Waals surface area contributed by atoms with Crippen LogP contribution in [0, 0.1) is 0 Å². The van der Waals surface area contributed by atoms with Crippen LogP contribution >= 0.6 is 0 Å². The highest BCUT2D eigenvalue weighted by molar-refractivity contribution is 7.80. The number of unbranched alkanes of at least 4 members (excludes halogenated alkanes) is 28. The largest absolute Gasteiger partial charge is 0.397 e. The molecule has 0 saturated heterocycles. The van der Waals surface area contributed by atoms with Crippen LogP contribution in [0.15, 0.2) is 4.99 Å². The van der Waals surface area contributed by atoms with Crippen LogP contribution in [-0.2, 0) is 24.2 Å². The van der Waals surface area contributed by atoms with Gasteiger partial charge < -0.3 is 10.2 Å². The number of carbonyl (C=O) groups excluding carboxylic acids is 2. The Morgan fingerprint density at radius 1 is 0.611 bits per heavy atom. The van der Waals surface area contributed by atoms with E-state index in [9.17, 15) is 18.0 Å². The molecule has 11 heteroatoms. The van der Waals surface area contributed by atoms with E-state index < -0.39 is 16.1 Å². The minimum Gasteiger partial charge on any atom is -0.334 e. The molecule has 3 N–H and O–H groups in total. The van der Waals surface area contributed by atoms with Gasteiger partial charge in [0.1, 0.15) is 5.66 Å². The summed E-state index contributed by atoms with van der Waals surface area (Å²) in [7, 11) is -3.29. The first-order chi connectivity index (χ1) is 26.0. The van der Waals surface area contributed by atoms with Gasteiger partial charge in [-0.05, 0) is 26.7 Å². The molecule has 0 aromatic rings. The molecule has 0 atom stereocenters. The monoisotopic (exact) mass is 787 g/mol. The van der Waals surface area contributed by atoms with Crippen molar-refractivity contribution >= 4 is 28.2 Å². The number of amides is 2. The molecule has 1 aliphatic heterocycles. The molecular weight excluding hydrogens is 701 g/mol. The zero-order chi connectivity index (χ0) is 40.2. The Morgan fingerprint density at radius 2 is 0.907 bits per heavy atom. The third kappa shape index (κ3) is 33.6. The molecule has 320 valence electrons. The van der Waals surface area contributed by atoms with Crippen molar-refractivity contribution in [3.8, 4) is 0 Å². The van der Waals surface area contributed by atoms with Crippen molar-refractivity contribution in [1.82, 2.24) is 15.5 Å². The van der Waals surface area contributed by atoms with Crippen LogP contribution in [0.5, 0.6) is 0 Å². The summed E-state index contributed by atoms with van der Waals surface area (Å²) >= 11 is 0. The molecule has 0 fully saturated rings. The van der Waals surface area contributed by atoms with Crippen LogP contribution in [0.25, 0.3) is 0 Å². The molecule has 0 radical (unpaired) electrons. The van der Waals surface area contributed by atoms with Crippen LogP contribution < -0.4 is 10.6 Å². The van der Waals surface area contributed by atoms with Gasteiger partial charge >= 0.3 is 10.4 Å². The highest BCUT2D eigenvalue weighted by atomic mass is 32.3. The predicted molar refractivity (Wildman–Crippen MR) is 227 cm³/mol. The number of nitrogens with one attached hydrogen (secondary N) is 2. The number of aliphatic imine (C=N–C) groups is 1. The van der Waals surface area contributed by atoms with Crippen LogP contribution in [0.2, 0.25) is 0 Å². The lowest BCUT2D eigenvalue weighted by Crippen LogP contribution is -2.60. The molecule has 0 bridgehead atoms. The van der Waals surface area contributed by atoms with Gasteiger partial charge in [-0.3, -0.25) is 28.6 Å². The van der Waals surface area contributed by atoms with Crippen molar-refractivity contribution in [2.75, 3.05) is 20.2 Å². The van der Waals surface area contributed by atoms with Gasteiger partial charge in [0.2, 0.25) is 17.8 Å². The maximum Gasteiger partial charge on any atom is 0.397 e. The zero-order valence-corrected chi connectivity index (χ0v) is 36.6. The highest BCUT2D eigenvalue weighted by Gasteiger charge is 2.34. The van der Waals surface area contributed by atoms with Gasteiger partial charge in [-0.25, -0.2) is 0 Å². The van der Waals surface area contributed by atoms with Crippen LogP contribution in [-0.4, -0.2) is 61.5 Å². The molecule has 0 spiro atoms. The molecule has 1 heterocycles. The fourth-order valence-electron chi connectivity index (χ4n) is 7.07. The molecule has 0 saturated carbocycles.